The van der Waals surface area contributed by atoms with Crippen LogP contribution in [0.15, 0.2) is 57.8 Å². The average Bonchev–Trinajstić information content (AvgIpc) is 3.24. The van der Waals surface area contributed by atoms with Crippen LogP contribution >= 0.6 is 0 Å². The van der Waals surface area contributed by atoms with Crippen LogP contribution in [0.4, 0.5) is 0 Å². The van der Waals surface area contributed by atoms with Gasteiger partial charge in [-0.25, -0.2) is 8.42 Å². The van der Waals surface area contributed by atoms with E-state index in [-0.39, 0.29) is 23.8 Å². The van der Waals surface area contributed by atoms with E-state index in [4.69, 9.17) is 4.42 Å². The lowest BCUT2D eigenvalue weighted by atomic mass is 9.71. The molecule has 2 heterocycles. The molecule has 3 atom stereocenters. The Kier molecular flexibility index (Phi) is 4.48. The number of rotatable bonds is 4. The molecule has 1 aliphatic carbocycles. The van der Waals surface area contributed by atoms with Crippen molar-refractivity contribution in [3.05, 3.63) is 65.4 Å². The third kappa shape index (κ3) is 3.04. The van der Waals surface area contributed by atoms with Crippen molar-refractivity contribution in [3.63, 3.8) is 0 Å². The van der Waals surface area contributed by atoms with E-state index >= 15 is 0 Å². The van der Waals surface area contributed by atoms with Crippen molar-refractivity contribution in [1.29, 1.82) is 0 Å². The molecule has 3 aromatic rings. The highest BCUT2D eigenvalue weighted by atomic mass is 32.2. The third-order valence-electron chi connectivity index (χ3n) is 6.56. The van der Waals surface area contributed by atoms with Gasteiger partial charge in [0.15, 0.2) is 5.76 Å². The smallest absolute Gasteiger partial charge is 0.287 e. The van der Waals surface area contributed by atoms with Crippen LogP contribution in [0.5, 0.6) is 0 Å². The van der Waals surface area contributed by atoms with E-state index in [1.165, 1.54) is 0 Å². The van der Waals surface area contributed by atoms with E-state index in [0.717, 1.165) is 22.9 Å². The van der Waals surface area contributed by atoms with Gasteiger partial charge in [0.05, 0.1) is 4.90 Å². The number of nitrogens with one attached hydrogen (secondary N) is 1. The molecule has 1 aromatic heterocycles. The zero-order valence-corrected chi connectivity index (χ0v) is 17.8. The van der Waals surface area contributed by atoms with Gasteiger partial charge in [-0.1, -0.05) is 35.9 Å². The molecule has 1 saturated carbocycles. The molecular formula is C23H24N2O4S. The van der Waals surface area contributed by atoms with E-state index in [1.807, 2.05) is 50.2 Å². The first-order valence-corrected chi connectivity index (χ1v) is 11.6. The van der Waals surface area contributed by atoms with E-state index in [9.17, 15) is 13.2 Å². The number of furan rings is 1. The fourth-order valence-electron chi connectivity index (χ4n) is 4.71. The SMILES string of the molecule is Cc1ccc(S(=O)(=O)N2C[C@H]3C[C@H](NC(=O)c4oc5ccccc5c4C)[C@H]3C2)cc1. The van der Waals surface area contributed by atoms with Gasteiger partial charge in [0.25, 0.3) is 5.91 Å². The van der Waals surface area contributed by atoms with Crippen molar-refractivity contribution in [2.75, 3.05) is 13.1 Å². The molecule has 0 unspecified atom stereocenters. The van der Waals surface area contributed by atoms with Crippen LogP contribution in [0.1, 0.15) is 28.1 Å². The monoisotopic (exact) mass is 424 g/mol. The maximum Gasteiger partial charge on any atom is 0.287 e. The van der Waals surface area contributed by atoms with Gasteiger partial charge in [-0.2, -0.15) is 4.31 Å². The quantitative estimate of drug-likeness (QED) is 0.695. The van der Waals surface area contributed by atoms with Crippen molar-refractivity contribution in [3.8, 4) is 0 Å². The molecule has 0 spiro atoms. The van der Waals surface area contributed by atoms with Crippen LogP contribution in [0.3, 0.4) is 0 Å². The number of benzene rings is 2. The van der Waals surface area contributed by atoms with Crippen molar-refractivity contribution in [2.24, 2.45) is 11.8 Å². The number of hydrogen-bond donors (Lipinski definition) is 1. The topological polar surface area (TPSA) is 79.6 Å². The molecule has 2 aromatic carbocycles. The maximum absolute atomic E-state index is 13.0. The van der Waals surface area contributed by atoms with Crippen LogP contribution in [0, 0.1) is 25.7 Å². The second-order valence-electron chi connectivity index (χ2n) is 8.43. The number of para-hydroxylation sites is 1. The standard InChI is InChI=1S/C23H24N2O4S/c1-14-7-9-17(10-8-14)30(27,28)25-12-16-11-20(19(16)13-25)24-23(26)22-15(2)18-5-3-4-6-21(18)29-22/h3-10,16,19-20H,11-13H2,1-2H3,(H,24,26)/t16-,19+,20+/m1/s1. The zero-order valence-electron chi connectivity index (χ0n) is 17.0. The lowest BCUT2D eigenvalue weighted by Crippen LogP contribution is -2.52. The molecule has 1 amide bonds. The van der Waals surface area contributed by atoms with Crippen molar-refractivity contribution in [2.45, 2.75) is 31.2 Å². The highest BCUT2D eigenvalue weighted by Gasteiger charge is 2.50. The summed E-state index contributed by atoms with van der Waals surface area (Å²) >= 11 is 0. The zero-order chi connectivity index (χ0) is 21.0. The van der Waals surface area contributed by atoms with Gasteiger partial charge in [0.2, 0.25) is 10.0 Å². The first-order valence-electron chi connectivity index (χ1n) is 10.2. The first-order chi connectivity index (χ1) is 14.3. The maximum atomic E-state index is 13.0. The highest BCUT2D eigenvalue weighted by molar-refractivity contribution is 7.89. The Hall–Kier alpha value is -2.64. The lowest BCUT2D eigenvalue weighted by Gasteiger charge is -2.39. The van der Waals surface area contributed by atoms with Gasteiger partial charge in [0, 0.05) is 30.1 Å². The van der Waals surface area contributed by atoms with E-state index in [0.29, 0.717) is 29.3 Å². The molecule has 0 radical (unpaired) electrons. The molecule has 2 aliphatic rings. The molecule has 7 heteroatoms. The second kappa shape index (κ2) is 6.96. The van der Waals surface area contributed by atoms with Gasteiger partial charge in [0.1, 0.15) is 5.58 Å². The molecule has 1 aliphatic heterocycles. The summed E-state index contributed by atoms with van der Waals surface area (Å²) in [6, 6.07) is 14.5. The number of sulfonamides is 1. The highest BCUT2D eigenvalue weighted by Crippen LogP contribution is 2.43. The Labute approximate surface area is 175 Å². The fourth-order valence-corrected chi connectivity index (χ4v) is 6.25. The molecule has 1 saturated heterocycles. The van der Waals surface area contributed by atoms with E-state index < -0.39 is 10.0 Å². The van der Waals surface area contributed by atoms with Gasteiger partial charge in [-0.15, -0.1) is 0 Å². The van der Waals surface area contributed by atoms with Crippen LogP contribution in [0.2, 0.25) is 0 Å². The number of amides is 1. The first kappa shape index (κ1) is 19.3. The van der Waals surface area contributed by atoms with E-state index in [1.54, 1.807) is 16.4 Å². The Morgan fingerprint density at radius 3 is 2.53 bits per heavy atom. The van der Waals surface area contributed by atoms with Gasteiger partial charge in [-0.3, -0.25) is 4.79 Å². The normalized spacial score (nSPS) is 23.9. The van der Waals surface area contributed by atoms with Gasteiger partial charge < -0.3 is 9.73 Å². The molecule has 5 rings (SSSR count). The summed E-state index contributed by atoms with van der Waals surface area (Å²) in [6.07, 6.45) is 0.787. The predicted molar refractivity (Wildman–Crippen MR) is 114 cm³/mol. The number of hydrogen-bond acceptors (Lipinski definition) is 4. The van der Waals surface area contributed by atoms with Crippen LogP contribution in [-0.2, 0) is 10.0 Å². The van der Waals surface area contributed by atoms with Crippen LogP contribution in [-0.4, -0.2) is 37.8 Å². The third-order valence-corrected chi connectivity index (χ3v) is 8.40. The molecule has 30 heavy (non-hydrogen) atoms. The summed E-state index contributed by atoms with van der Waals surface area (Å²) in [4.78, 5) is 13.1. The second-order valence-corrected chi connectivity index (χ2v) is 10.4. The molecular weight excluding hydrogens is 400 g/mol. The average molecular weight is 425 g/mol. The fraction of sp³-hybridized carbons (Fsp3) is 0.348. The predicted octanol–water partition coefficient (Wildman–Crippen LogP) is 3.49. The summed E-state index contributed by atoms with van der Waals surface area (Å²) in [5.74, 6) is 0.528. The molecule has 2 fully saturated rings. The summed E-state index contributed by atoms with van der Waals surface area (Å²) in [5.41, 5.74) is 2.55. The van der Waals surface area contributed by atoms with Crippen LogP contribution in [0.25, 0.3) is 11.0 Å². The lowest BCUT2D eigenvalue weighted by molar-refractivity contribution is 0.0806. The number of carbonyl (C=O) groups excluding carboxylic acids is 1. The summed E-state index contributed by atoms with van der Waals surface area (Å²) in [5, 5.41) is 4.01. The minimum atomic E-state index is -3.51. The number of nitrogens with zero attached hydrogens (tertiary/aromatic N) is 1. The van der Waals surface area contributed by atoms with Gasteiger partial charge in [-0.05, 0) is 50.3 Å². The number of carbonyl (C=O) groups is 1. The van der Waals surface area contributed by atoms with Gasteiger partial charge >= 0.3 is 0 Å². The molecule has 1 N–H and O–H groups in total. The summed E-state index contributed by atoms with van der Waals surface area (Å²) in [7, 11) is -3.51. The largest absolute Gasteiger partial charge is 0.451 e. The Bertz CT molecular complexity index is 1230. The van der Waals surface area contributed by atoms with E-state index in [2.05, 4.69) is 5.32 Å². The van der Waals surface area contributed by atoms with Crippen molar-refractivity contribution < 1.29 is 17.6 Å². The number of fused-ring (bicyclic) bond motifs is 2. The minimum absolute atomic E-state index is 0.0340. The summed E-state index contributed by atoms with van der Waals surface area (Å²) < 4.78 is 33.3. The minimum Gasteiger partial charge on any atom is -0.451 e. The molecule has 0 bridgehead atoms. The Morgan fingerprint density at radius 1 is 1.07 bits per heavy atom. The number of aryl methyl sites for hydroxylation is 2. The molecule has 156 valence electrons. The summed E-state index contributed by atoms with van der Waals surface area (Å²) in [6.45, 7) is 4.76. The van der Waals surface area contributed by atoms with Crippen molar-refractivity contribution >= 4 is 26.9 Å². The van der Waals surface area contributed by atoms with Crippen molar-refractivity contribution in [1.82, 2.24) is 9.62 Å². The Balaban J connectivity index is 1.29. The molecule has 6 nitrogen and oxygen atoms in total. The Morgan fingerprint density at radius 2 is 1.80 bits per heavy atom. The van der Waals surface area contributed by atoms with Crippen LogP contribution < -0.4 is 5.32 Å².